The Kier molecular flexibility index (Phi) is 6.42. The molecule has 0 amide bonds. The molecule has 0 rings (SSSR count). The molecule has 0 aromatic carbocycles. The molecule has 0 heterocycles. The highest BCUT2D eigenvalue weighted by Gasteiger charge is 2.12. The van der Waals surface area contributed by atoms with E-state index in [1.807, 2.05) is 13.8 Å². The molecule has 66 valence electrons. The lowest BCUT2D eigenvalue weighted by Gasteiger charge is -2.07. The molecule has 1 atom stereocenters. The Balaban J connectivity index is 3.47. The van der Waals surface area contributed by atoms with E-state index >= 15 is 0 Å². The molecule has 0 bridgehead atoms. The molecule has 0 aliphatic carbocycles. The normalized spacial score (nSPS) is 12.6. The largest absolute Gasteiger partial charge is 0.465 e. The topological polar surface area (TPSA) is 26.3 Å². The quantitative estimate of drug-likeness (QED) is 0.512. The summed E-state index contributed by atoms with van der Waals surface area (Å²) in [5.74, 6) is -0.183. The van der Waals surface area contributed by atoms with Gasteiger partial charge in [0.25, 0.3) is 0 Å². The van der Waals surface area contributed by atoms with Crippen molar-refractivity contribution in [3.8, 4) is 0 Å². The summed E-state index contributed by atoms with van der Waals surface area (Å²) in [4.78, 5) is 11.0. The van der Waals surface area contributed by atoms with Gasteiger partial charge in [-0.05, 0) is 12.8 Å². The first-order valence-electron chi connectivity index (χ1n) is 4.07. The van der Waals surface area contributed by atoms with Crippen molar-refractivity contribution >= 4 is 18.6 Å². The predicted octanol–water partition coefficient (Wildman–Crippen LogP) is 2.04. The predicted molar refractivity (Wildman–Crippen MR) is 48.9 cm³/mol. The zero-order valence-electron chi connectivity index (χ0n) is 7.17. The number of esters is 1. The summed E-state index contributed by atoms with van der Waals surface area (Å²) in [5.41, 5.74) is 0. The lowest BCUT2D eigenvalue weighted by Crippen LogP contribution is -2.18. The average molecular weight is 176 g/mol. The maximum absolute atomic E-state index is 11.0. The minimum atomic E-state index is -0.230. The standard InChI is InChI=1S/C8H16O2S/c1-3-5-7(11)8(9)10-6-4-2/h7,11H,3-6H2,1-2H3. The monoisotopic (exact) mass is 176 g/mol. The molecular formula is C8H16O2S. The summed E-state index contributed by atoms with van der Waals surface area (Å²) < 4.78 is 4.89. The van der Waals surface area contributed by atoms with Gasteiger partial charge in [0, 0.05) is 0 Å². The molecule has 0 aliphatic heterocycles. The van der Waals surface area contributed by atoms with Crippen molar-refractivity contribution in [1.82, 2.24) is 0 Å². The van der Waals surface area contributed by atoms with Crippen LogP contribution in [0.15, 0.2) is 0 Å². The second-order valence-corrected chi connectivity index (χ2v) is 3.10. The van der Waals surface area contributed by atoms with E-state index in [4.69, 9.17) is 4.74 Å². The number of hydrogen-bond acceptors (Lipinski definition) is 3. The Hall–Kier alpha value is -0.180. The Morgan fingerprint density at radius 3 is 2.55 bits per heavy atom. The number of rotatable bonds is 5. The van der Waals surface area contributed by atoms with Gasteiger partial charge in [0.2, 0.25) is 0 Å². The van der Waals surface area contributed by atoms with Crippen LogP contribution < -0.4 is 0 Å². The second-order valence-electron chi connectivity index (χ2n) is 2.47. The molecule has 0 aromatic heterocycles. The van der Waals surface area contributed by atoms with Crippen molar-refractivity contribution in [3.05, 3.63) is 0 Å². The van der Waals surface area contributed by atoms with Gasteiger partial charge >= 0.3 is 5.97 Å². The minimum Gasteiger partial charge on any atom is -0.465 e. The summed E-state index contributed by atoms with van der Waals surface area (Å²) in [6.07, 6.45) is 2.64. The molecule has 0 spiro atoms. The molecule has 0 N–H and O–H groups in total. The van der Waals surface area contributed by atoms with Crippen LogP contribution in [0.4, 0.5) is 0 Å². The smallest absolute Gasteiger partial charge is 0.318 e. The van der Waals surface area contributed by atoms with Crippen LogP contribution in [-0.2, 0) is 9.53 Å². The zero-order chi connectivity index (χ0) is 8.69. The van der Waals surface area contributed by atoms with Gasteiger partial charge in [-0.2, -0.15) is 12.6 Å². The van der Waals surface area contributed by atoms with Gasteiger partial charge < -0.3 is 4.74 Å². The van der Waals surface area contributed by atoms with Crippen molar-refractivity contribution in [2.24, 2.45) is 0 Å². The summed E-state index contributed by atoms with van der Waals surface area (Å²) in [6.45, 7) is 4.51. The molecule has 11 heavy (non-hydrogen) atoms. The van der Waals surface area contributed by atoms with E-state index < -0.39 is 0 Å². The zero-order valence-corrected chi connectivity index (χ0v) is 8.06. The van der Waals surface area contributed by atoms with Crippen molar-refractivity contribution in [3.63, 3.8) is 0 Å². The molecular weight excluding hydrogens is 160 g/mol. The second kappa shape index (κ2) is 6.53. The Morgan fingerprint density at radius 1 is 1.45 bits per heavy atom. The summed E-state index contributed by atoms with van der Waals surface area (Å²) in [5, 5.41) is -0.230. The number of hydrogen-bond donors (Lipinski definition) is 1. The van der Waals surface area contributed by atoms with Crippen LogP contribution in [0.5, 0.6) is 0 Å². The highest BCUT2D eigenvalue weighted by molar-refractivity contribution is 7.81. The highest BCUT2D eigenvalue weighted by Crippen LogP contribution is 2.06. The summed E-state index contributed by atoms with van der Waals surface area (Å²) >= 11 is 4.10. The maximum atomic E-state index is 11.0. The maximum Gasteiger partial charge on any atom is 0.318 e. The van der Waals surface area contributed by atoms with E-state index in [9.17, 15) is 4.79 Å². The fourth-order valence-corrected chi connectivity index (χ4v) is 1.02. The SMILES string of the molecule is CCCOC(=O)C(S)CCC. The fourth-order valence-electron chi connectivity index (χ4n) is 0.690. The molecule has 0 fully saturated rings. The first-order valence-corrected chi connectivity index (χ1v) is 4.58. The first kappa shape index (κ1) is 10.8. The third-order valence-electron chi connectivity index (χ3n) is 1.28. The average Bonchev–Trinajstić information content (AvgIpc) is 2.00. The Labute approximate surface area is 73.7 Å². The van der Waals surface area contributed by atoms with Gasteiger partial charge in [-0.1, -0.05) is 20.3 Å². The van der Waals surface area contributed by atoms with Crippen LogP contribution in [0.25, 0.3) is 0 Å². The first-order chi connectivity index (χ1) is 5.22. The molecule has 1 unspecified atom stereocenters. The lowest BCUT2D eigenvalue weighted by atomic mass is 10.2. The van der Waals surface area contributed by atoms with E-state index in [0.29, 0.717) is 6.61 Å². The van der Waals surface area contributed by atoms with Gasteiger partial charge in [0.05, 0.1) is 11.9 Å². The summed E-state index contributed by atoms with van der Waals surface area (Å²) in [7, 11) is 0. The van der Waals surface area contributed by atoms with E-state index in [0.717, 1.165) is 19.3 Å². The number of thiol groups is 1. The van der Waals surface area contributed by atoms with E-state index in [-0.39, 0.29) is 11.2 Å². The highest BCUT2D eigenvalue weighted by atomic mass is 32.1. The lowest BCUT2D eigenvalue weighted by molar-refractivity contribution is -0.143. The molecule has 0 aliphatic rings. The third kappa shape index (κ3) is 5.13. The molecule has 0 radical (unpaired) electrons. The number of ether oxygens (including phenoxy) is 1. The van der Waals surface area contributed by atoms with Gasteiger partial charge in [0.1, 0.15) is 0 Å². The van der Waals surface area contributed by atoms with E-state index in [1.165, 1.54) is 0 Å². The Bertz CT molecular complexity index is 115. The van der Waals surface area contributed by atoms with Crippen LogP contribution in [0, 0.1) is 0 Å². The van der Waals surface area contributed by atoms with Crippen LogP contribution in [0.1, 0.15) is 33.1 Å². The van der Waals surface area contributed by atoms with Crippen LogP contribution in [0.3, 0.4) is 0 Å². The van der Waals surface area contributed by atoms with Crippen molar-refractivity contribution in [2.45, 2.75) is 38.4 Å². The molecule has 2 nitrogen and oxygen atoms in total. The molecule has 3 heteroatoms. The van der Waals surface area contributed by atoms with Gasteiger partial charge in [-0.25, -0.2) is 0 Å². The van der Waals surface area contributed by atoms with Crippen LogP contribution in [-0.4, -0.2) is 17.8 Å². The molecule has 0 saturated carbocycles. The third-order valence-corrected chi connectivity index (χ3v) is 1.75. The van der Waals surface area contributed by atoms with Gasteiger partial charge in [-0.3, -0.25) is 4.79 Å². The fraction of sp³-hybridized carbons (Fsp3) is 0.875. The molecule has 0 saturated heterocycles. The van der Waals surface area contributed by atoms with Gasteiger partial charge in [0.15, 0.2) is 0 Å². The van der Waals surface area contributed by atoms with E-state index in [2.05, 4.69) is 12.6 Å². The van der Waals surface area contributed by atoms with E-state index in [1.54, 1.807) is 0 Å². The number of carbonyl (C=O) groups is 1. The van der Waals surface area contributed by atoms with Gasteiger partial charge in [-0.15, -0.1) is 0 Å². The van der Waals surface area contributed by atoms with Crippen LogP contribution in [0.2, 0.25) is 0 Å². The van der Waals surface area contributed by atoms with Crippen molar-refractivity contribution in [1.29, 1.82) is 0 Å². The number of carbonyl (C=O) groups excluding carboxylic acids is 1. The van der Waals surface area contributed by atoms with Crippen molar-refractivity contribution < 1.29 is 9.53 Å². The summed E-state index contributed by atoms with van der Waals surface area (Å²) in [6, 6.07) is 0. The van der Waals surface area contributed by atoms with Crippen molar-refractivity contribution in [2.75, 3.05) is 6.61 Å². The Morgan fingerprint density at radius 2 is 2.09 bits per heavy atom. The van der Waals surface area contributed by atoms with Crippen LogP contribution >= 0.6 is 12.6 Å². The molecule has 0 aromatic rings. The minimum absolute atomic E-state index is 0.183.